The van der Waals surface area contributed by atoms with Crippen molar-refractivity contribution in [1.82, 2.24) is 20.0 Å². The zero-order chi connectivity index (χ0) is 18.7. The van der Waals surface area contributed by atoms with Crippen LogP contribution in [0.1, 0.15) is 32.9 Å². The Bertz CT molecular complexity index is 828. The van der Waals surface area contributed by atoms with Crippen molar-refractivity contribution >= 4 is 11.8 Å². The highest BCUT2D eigenvalue weighted by atomic mass is 16.5. The van der Waals surface area contributed by atoms with Gasteiger partial charge in [0.05, 0.1) is 0 Å². The highest BCUT2D eigenvalue weighted by Crippen LogP contribution is 2.22. The summed E-state index contributed by atoms with van der Waals surface area (Å²) in [5, 5.41) is 7.33. The van der Waals surface area contributed by atoms with Crippen molar-refractivity contribution < 1.29 is 14.3 Å². The molecule has 1 aliphatic rings. The van der Waals surface area contributed by atoms with Crippen LogP contribution in [0.25, 0.3) is 0 Å². The molecule has 1 aromatic heterocycles. The molecule has 1 aliphatic heterocycles. The number of aryl methyl sites for hydroxylation is 2. The molecule has 0 aliphatic carbocycles. The maximum Gasteiger partial charge on any atom is 0.272 e. The summed E-state index contributed by atoms with van der Waals surface area (Å²) in [6.07, 6.45) is 0.680. The lowest BCUT2D eigenvalue weighted by atomic mass is 10.0. The maximum absolute atomic E-state index is 12.7. The van der Waals surface area contributed by atoms with Crippen LogP contribution in [0.5, 0.6) is 0 Å². The Labute approximate surface area is 152 Å². The smallest absolute Gasteiger partial charge is 0.272 e. The third-order valence-electron chi connectivity index (χ3n) is 4.61. The minimum Gasteiger partial charge on any atom is -0.375 e. The largest absolute Gasteiger partial charge is 0.375 e. The zero-order valence-electron chi connectivity index (χ0n) is 15.4. The summed E-state index contributed by atoms with van der Waals surface area (Å²) in [6, 6.07) is 8.01. The Morgan fingerprint density at radius 3 is 2.88 bits per heavy atom. The third kappa shape index (κ3) is 3.77. The van der Waals surface area contributed by atoms with E-state index in [2.05, 4.69) is 10.4 Å². The van der Waals surface area contributed by atoms with Gasteiger partial charge in [0.1, 0.15) is 6.61 Å². The van der Waals surface area contributed by atoms with E-state index in [1.165, 1.54) is 7.11 Å². The maximum atomic E-state index is 12.7. The molecule has 138 valence electrons. The summed E-state index contributed by atoms with van der Waals surface area (Å²) in [7, 11) is 3.34. The number of methoxy groups -OCH3 is 1. The van der Waals surface area contributed by atoms with Gasteiger partial charge in [-0.05, 0) is 12.5 Å². The molecule has 0 bridgehead atoms. The molecule has 2 aromatic rings. The van der Waals surface area contributed by atoms with Crippen LogP contribution in [0.15, 0.2) is 24.3 Å². The molecular weight excluding hydrogens is 332 g/mol. The lowest BCUT2D eigenvalue weighted by Crippen LogP contribution is -2.39. The van der Waals surface area contributed by atoms with E-state index >= 15 is 0 Å². The molecule has 0 radical (unpaired) electrons. The quantitative estimate of drug-likeness (QED) is 0.873. The van der Waals surface area contributed by atoms with E-state index in [9.17, 15) is 9.59 Å². The van der Waals surface area contributed by atoms with Gasteiger partial charge in [-0.15, -0.1) is 0 Å². The number of rotatable bonds is 5. The molecule has 3 rings (SSSR count). The number of carbonyl (C=O) groups is 2. The van der Waals surface area contributed by atoms with Crippen molar-refractivity contribution in [3.05, 3.63) is 52.3 Å². The van der Waals surface area contributed by atoms with Crippen molar-refractivity contribution in [2.45, 2.75) is 26.4 Å². The minimum absolute atomic E-state index is 0.0461. The van der Waals surface area contributed by atoms with Crippen LogP contribution in [-0.4, -0.2) is 46.8 Å². The number of amides is 2. The second-order valence-electron chi connectivity index (χ2n) is 6.57. The Morgan fingerprint density at radius 1 is 1.35 bits per heavy atom. The summed E-state index contributed by atoms with van der Waals surface area (Å²) in [5.74, 6) is -0.294. The Hall–Kier alpha value is -2.67. The number of fused-ring (bicyclic) bond motifs is 1. The Kier molecular flexibility index (Phi) is 5.37. The van der Waals surface area contributed by atoms with E-state index in [0.717, 1.165) is 22.4 Å². The van der Waals surface area contributed by atoms with Gasteiger partial charge in [0.15, 0.2) is 5.69 Å². The van der Waals surface area contributed by atoms with Gasteiger partial charge in [-0.2, -0.15) is 5.10 Å². The lowest BCUT2D eigenvalue weighted by Gasteiger charge is -2.27. The van der Waals surface area contributed by atoms with Gasteiger partial charge in [-0.1, -0.05) is 29.8 Å². The van der Waals surface area contributed by atoms with Crippen molar-refractivity contribution in [3.63, 3.8) is 0 Å². The highest BCUT2D eigenvalue weighted by Gasteiger charge is 2.29. The standard InChI is InChI=1S/C19H24N4O3/c1-13-5-4-6-14(9-13)10-20-19(25)18-15-11-23(17(24)12-26-3)8-7-16(15)22(2)21-18/h4-6,9H,7-8,10-12H2,1-3H3,(H,20,25). The molecule has 2 heterocycles. The average molecular weight is 356 g/mol. The van der Waals surface area contributed by atoms with Crippen molar-refractivity contribution in [1.29, 1.82) is 0 Å². The predicted molar refractivity (Wildman–Crippen MR) is 96.6 cm³/mol. The highest BCUT2D eigenvalue weighted by molar-refractivity contribution is 5.94. The minimum atomic E-state index is -0.218. The molecule has 7 heteroatoms. The first-order chi connectivity index (χ1) is 12.5. The van der Waals surface area contributed by atoms with Gasteiger partial charge in [0.2, 0.25) is 5.91 Å². The normalized spacial score (nSPS) is 13.4. The van der Waals surface area contributed by atoms with Crippen LogP contribution >= 0.6 is 0 Å². The molecule has 0 saturated heterocycles. The number of hydrogen-bond donors (Lipinski definition) is 1. The molecule has 1 aromatic carbocycles. The molecule has 1 N–H and O–H groups in total. The van der Waals surface area contributed by atoms with Gasteiger partial charge in [-0.3, -0.25) is 14.3 Å². The van der Waals surface area contributed by atoms with E-state index in [1.54, 1.807) is 9.58 Å². The fraction of sp³-hybridized carbons (Fsp3) is 0.421. The fourth-order valence-electron chi connectivity index (χ4n) is 3.29. The number of ether oxygens (including phenoxy) is 1. The van der Waals surface area contributed by atoms with Crippen molar-refractivity contribution in [3.8, 4) is 0 Å². The van der Waals surface area contributed by atoms with E-state index in [0.29, 0.717) is 31.7 Å². The van der Waals surface area contributed by atoms with Gasteiger partial charge >= 0.3 is 0 Å². The van der Waals surface area contributed by atoms with Crippen LogP contribution in [-0.2, 0) is 36.1 Å². The van der Waals surface area contributed by atoms with E-state index in [-0.39, 0.29) is 18.4 Å². The number of nitrogens with zero attached hydrogens (tertiary/aromatic N) is 3. The fourth-order valence-corrected chi connectivity index (χ4v) is 3.29. The van der Waals surface area contributed by atoms with E-state index in [4.69, 9.17) is 4.74 Å². The second-order valence-corrected chi connectivity index (χ2v) is 6.57. The topological polar surface area (TPSA) is 76.5 Å². The first-order valence-electron chi connectivity index (χ1n) is 8.64. The average Bonchev–Trinajstić information content (AvgIpc) is 2.96. The zero-order valence-corrected chi connectivity index (χ0v) is 15.4. The second kappa shape index (κ2) is 7.70. The Balaban J connectivity index is 1.74. The van der Waals surface area contributed by atoms with Crippen LogP contribution in [0.3, 0.4) is 0 Å². The third-order valence-corrected chi connectivity index (χ3v) is 4.61. The summed E-state index contributed by atoms with van der Waals surface area (Å²) in [5.41, 5.74) is 4.42. The molecule has 0 fully saturated rings. The monoisotopic (exact) mass is 356 g/mol. The number of aromatic nitrogens is 2. The molecule has 26 heavy (non-hydrogen) atoms. The summed E-state index contributed by atoms with van der Waals surface area (Å²) >= 11 is 0. The molecule has 2 amide bonds. The lowest BCUT2D eigenvalue weighted by molar-refractivity contribution is -0.136. The summed E-state index contributed by atoms with van der Waals surface area (Å²) in [6.45, 7) is 3.51. The van der Waals surface area contributed by atoms with Gasteiger partial charge in [0, 0.05) is 51.5 Å². The molecular formula is C19H24N4O3. The molecule has 7 nitrogen and oxygen atoms in total. The number of benzene rings is 1. The van der Waals surface area contributed by atoms with Crippen LogP contribution in [0, 0.1) is 6.92 Å². The molecule has 0 saturated carbocycles. The van der Waals surface area contributed by atoms with Gasteiger partial charge < -0.3 is 15.0 Å². The van der Waals surface area contributed by atoms with Gasteiger partial charge in [0.25, 0.3) is 5.91 Å². The van der Waals surface area contributed by atoms with Crippen molar-refractivity contribution in [2.24, 2.45) is 7.05 Å². The number of carbonyl (C=O) groups excluding carboxylic acids is 2. The van der Waals surface area contributed by atoms with Crippen LogP contribution in [0.4, 0.5) is 0 Å². The van der Waals surface area contributed by atoms with E-state index in [1.807, 2.05) is 38.2 Å². The van der Waals surface area contributed by atoms with Gasteiger partial charge in [-0.25, -0.2) is 0 Å². The van der Waals surface area contributed by atoms with E-state index < -0.39 is 0 Å². The summed E-state index contributed by atoms with van der Waals surface area (Å²) in [4.78, 5) is 26.5. The SMILES string of the molecule is COCC(=O)N1CCc2c(c(C(=O)NCc3cccc(C)c3)nn2C)C1. The van der Waals surface area contributed by atoms with Crippen LogP contribution in [0.2, 0.25) is 0 Å². The first-order valence-corrected chi connectivity index (χ1v) is 8.64. The molecule has 0 unspecified atom stereocenters. The Morgan fingerprint density at radius 2 is 2.15 bits per heavy atom. The summed E-state index contributed by atoms with van der Waals surface area (Å²) < 4.78 is 6.68. The number of hydrogen-bond acceptors (Lipinski definition) is 4. The van der Waals surface area contributed by atoms with Crippen LogP contribution < -0.4 is 5.32 Å². The first kappa shape index (κ1) is 18.1. The van der Waals surface area contributed by atoms with Crippen molar-refractivity contribution in [2.75, 3.05) is 20.3 Å². The molecule has 0 atom stereocenters. The molecule has 0 spiro atoms. The number of nitrogens with one attached hydrogen (secondary N) is 1. The predicted octanol–water partition coefficient (Wildman–Crippen LogP) is 1.19.